The summed E-state index contributed by atoms with van der Waals surface area (Å²) in [6.45, 7) is 2.91. The van der Waals surface area contributed by atoms with Crippen LogP contribution >= 0.6 is 0 Å². The largest absolute Gasteiger partial charge is 0.299 e. The van der Waals surface area contributed by atoms with Gasteiger partial charge >= 0.3 is 0 Å². The predicted molar refractivity (Wildman–Crippen MR) is 40.9 cm³/mol. The van der Waals surface area contributed by atoms with Gasteiger partial charge in [-0.05, 0) is 31.1 Å². The molecule has 1 heteroatoms. The first kappa shape index (κ1) is 5.59. The summed E-state index contributed by atoms with van der Waals surface area (Å²) >= 11 is 0. The van der Waals surface area contributed by atoms with Crippen molar-refractivity contribution in [2.24, 2.45) is 5.41 Å². The normalized spacial score (nSPS) is 37.2. The Morgan fingerprint density at radius 1 is 1.10 bits per heavy atom. The topological polar surface area (TPSA) is 3.24 Å². The maximum Gasteiger partial charge on any atom is 0.00969 e. The fourth-order valence-corrected chi connectivity index (χ4v) is 2.51. The Morgan fingerprint density at radius 2 is 1.80 bits per heavy atom. The molecule has 1 saturated heterocycles. The summed E-state index contributed by atoms with van der Waals surface area (Å²) in [7, 11) is 0. The van der Waals surface area contributed by atoms with E-state index in [1.807, 2.05) is 0 Å². The second-order valence-electron chi connectivity index (χ2n) is 4.49. The van der Waals surface area contributed by atoms with Gasteiger partial charge in [-0.2, -0.15) is 0 Å². The van der Waals surface area contributed by atoms with E-state index < -0.39 is 0 Å². The first-order valence-corrected chi connectivity index (χ1v) is 4.62. The Morgan fingerprint density at radius 3 is 2.20 bits per heavy atom. The van der Waals surface area contributed by atoms with Crippen molar-refractivity contribution >= 4 is 0 Å². The molecule has 1 aliphatic heterocycles. The second-order valence-corrected chi connectivity index (χ2v) is 4.49. The van der Waals surface area contributed by atoms with Crippen molar-refractivity contribution < 1.29 is 0 Å². The highest BCUT2D eigenvalue weighted by molar-refractivity contribution is 5.04. The van der Waals surface area contributed by atoms with Crippen LogP contribution in [0.3, 0.4) is 0 Å². The first-order valence-electron chi connectivity index (χ1n) is 4.62. The molecule has 0 bridgehead atoms. The highest BCUT2D eigenvalue weighted by Gasteiger charge is 2.50. The van der Waals surface area contributed by atoms with Crippen molar-refractivity contribution in [3.05, 3.63) is 0 Å². The van der Waals surface area contributed by atoms with E-state index in [2.05, 4.69) is 4.90 Å². The van der Waals surface area contributed by atoms with Crippen molar-refractivity contribution in [2.75, 3.05) is 13.1 Å². The van der Waals surface area contributed by atoms with Gasteiger partial charge in [0.25, 0.3) is 0 Å². The lowest BCUT2D eigenvalue weighted by molar-refractivity contribution is -0.0645. The van der Waals surface area contributed by atoms with Crippen LogP contribution < -0.4 is 0 Å². The molecule has 3 rings (SSSR count). The van der Waals surface area contributed by atoms with Crippen LogP contribution in [0.25, 0.3) is 0 Å². The van der Waals surface area contributed by atoms with Crippen molar-refractivity contribution in [2.45, 2.75) is 38.1 Å². The summed E-state index contributed by atoms with van der Waals surface area (Å²) in [6.07, 6.45) is 7.58. The third-order valence-electron chi connectivity index (χ3n) is 3.55. The van der Waals surface area contributed by atoms with Crippen LogP contribution in [0.1, 0.15) is 32.1 Å². The van der Waals surface area contributed by atoms with Gasteiger partial charge in [0.15, 0.2) is 0 Å². The molecule has 0 N–H and O–H groups in total. The third kappa shape index (κ3) is 0.619. The Balaban J connectivity index is 1.59. The van der Waals surface area contributed by atoms with Crippen molar-refractivity contribution in [3.63, 3.8) is 0 Å². The molecule has 56 valence electrons. The Labute approximate surface area is 62.4 Å². The van der Waals surface area contributed by atoms with E-state index >= 15 is 0 Å². The molecule has 0 aromatic rings. The van der Waals surface area contributed by atoms with E-state index in [-0.39, 0.29) is 0 Å². The molecule has 0 atom stereocenters. The lowest BCUT2D eigenvalue weighted by Gasteiger charge is -2.56. The van der Waals surface area contributed by atoms with E-state index in [1.54, 1.807) is 0 Å². The molecule has 0 amide bonds. The molecule has 10 heavy (non-hydrogen) atoms. The average Bonchev–Trinajstić information content (AvgIpc) is 2.38. The zero-order valence-electron chi connectivity index (χ0n) is 6.47. The van der Waals surface area contributed by atoms with Gasteiger partial charge in [0.05, 0.1) is 0 Å². The summed E-state index contributed by atoms with van der Waals surface area (Å²) in [4.78, 5) is 2.69. The lowest BCUT2D eigenvalue weighted by atomic mass is 9.63. The van der Waals surface area contributed by atoms with Gasteiger partial charge in [0.2, 0.25) is 0 Å². The van der Waals surface area contributed by atoms with E-state index in [4.69, 9.17) is 0 Å². The summed E-state index contributed by atoms with van der Waals surface area (Å²) in [5.74, 6) is 0. The molecule has 2 aliphatic carbocycles. The minimum atomic E-state index is 0.864. The Hall–Kier alpha value is -0.0400. The maximum atomic E-state index is 2.69. The Kier molecular flexibility index (Phi) is 0.883. The molecule has 2 saturated carbocycles. The number of likely N-dealkylation sites (tertiary alicyclic amines) is 1. The van der Waals surface area contributed by atoms with E-state index in [0.717, 1.165) is 11.5 Å². The van der Waals surface area contributed by atoms with Crippen LogP contribution in [0.2, 0.25) is 0 Å². The molecule has 1 spiro atoms. The maximum absolute atomic E-state index is 2.69. The van der Waals surface area contributed by atoms with Crippen molar-refractivity contribution in [1.82, 2.24) is 4.90 Å². The Bertz CT molecular complexity index is 148. The summed E-state index contributed by atoms with van der Waals surface area (Å²) in [5, 5.41) is 0. The monoisotopic (exact) mass is 137 g/mol. The van der Waals surface area contributed by atoms with E-state index in [0.29, 0.717) is 0 Å². The number of hydrogen-bond acceptors (Lipinski definition) is 1. The minimum Gasteiger partial charge on any atom is -0.299 e. The molecule has 0 radical (unpaired) electrons. The SMILES string of the molecule is C1CC2(C1)CN(C1CC1)C2. The molecule has 0 unspecified atom stereocenters. The van der Waals surface area contributed by atoms with Gasteiger partial charge in [0.1, 0.15) is 0 Å². The van der Waals surface area contributed by atoms with E-state index in [1.165, 1.54) is 45.2 Å². The van der Waals surface area contributed by atoms with Crippen molar-refractivity contribution in [3.8, 4) is 0 Å². The van der Waals surface area contributed by atoms with Gasteiger partial charge in [-0.25, -0.2) is 0 Å². The van der Waals surface area contributed by atoms with Crippen LogP contribution in [0.4, 0.5) is 0 Å². The highest BCUT2D eigenvalue weighted by atomic mass is 15.3. The summed E-state index contributed by atoms with van der Waals surface area (Å²) in [6, 6.07) is 1.03. The standard InChI is InChI=1S/C9H15N/c1-4-9(5-1)6-10(7-9)8-2-3-8/h8H,1-7H2. The fourth-order valence-electron chi connectivity index (χ4n) is 2.51. The van der Waals surface area contributed by atoms with Gasteiger partial charge in [-0.15, -0.1) is 0 Å². The second kappa shape index (κ2) is 1.58. The smallest absolute Gasteiger partial charge is 0.00969 e. The molecule has 0 aromatic heterocycles. The zero-order chi connectivity index (χ0) is 6.60. The van der Waals surface area contributed by atoms with Gasteiger partial charge in [-0.1, -0.05) is 6.42 Å². The highest BCUT2D eigenvalue weighted by Crippen LogP contribution is 2.51. The molecular weight excluding hydrogens is 122 g/mol. The third-order valence-corrected chi connectivity index (χ3v) is 3.55. The number of rotatable bonds is 1. The zero-order valence-corrected chi connectivity index (χ0v) is 6.47. The molecular formula is C9H15N. The predicted octanol–water partition coefficient (Wildman–Crippen LogP) is 1.63. The minimum absolute atomic E-state index is 0.864. The van der Waals surface area contributed by atoms with Crippen molar-refractivity contribution in [1.29, 1.82) is 0 Å². The van der Waals surface area contributed by atoms with Gasteiger partial charge in [0, 0.05) is 19.1 Å². The lowest BCUT2D eigenvalue weighted by Crippen LogP contribution is -2.60. The summed E-state index contributed by atoms with van der Waals surface area (Å²) in [5.41, 5.74) is 0.864. The van der Waals surface area contributed by atoms with Gasteiger partial charge in [-0.3, -0.25) is 4.90 Å². The van der Waals surface area contributed by atoms with Crippen LogP contribution in [0.15, 0.2) is 0 Å². The molecule has 1 nitrogen and oxygen atoms in total. The quantitative estimate of drug-likeness (QED) is 0.531. The van der Waals surface area contributed by atoms with Crippen LogP contribution in [-0.2, 0) is 0 Å². The summed E-state index contributed by atoms with van der Waals surface area (Å²) < 4.78 is 0. The first-order chi connectivity index (χ1) is 4.88. The van der Waals surface area contributed by atoms with Crippen LogP contribution in [-0.4, -0.2) is 24.0 Å². The van der Waals surface area contributed by atoms with Gasteiger partial charge < -0.3 is 0 Å². The molecule has 1 heterocycles. The average molecular weight is 137 g/mol. The number of hydrogen-bond donors (Lipinski definition) is 0. The molecule has 3 fully saturated rings. The van der Waals surface area contributed by atoms with Crippen LogP contribution in [0, 0.1) is 5.41 Å². The fraction of sp³-hybridized carbons (Fsp3) is 1.00. The molecule has 3 aliphatic rings. The molecule has 0 aromatic carbocycles. The van der Waals surface area contributed by atoms with Crippen LogP contribution in [0.5, 0.6) is 0 Å². The number of nitrogens with zero attached hydrogens (tertiary/aromatic N) is 1. The van der Waals surface area contributed by atoms with E-state index in [9.17, 15) is 0 Å².